The topological polar surface area (TPSA) is 61.0 Å². The average molecular weight is 722 g/mol. The molecule has 1 aliphatic heterocycles. The van der Waals surface area contributed by atoms with Gasteiger partial charge in [0.2, 0.25) is 0 Å². The molecule has 0 saturated carbocycles. The first kappa shape index (κ1) is 32.3. The van der Waals surface area contributed by atoms with Crippen molar-refractivity contribution in [2.45, 2.75) is 24.9 Å². The molecule has 2 aliphatic carbocycles. The number of furan rings is 1. The molecular formula is C51H35N3O2. The van der Waals surface area contributed by atoms with Crippen molar-refractivity contribution in [3.63, 3.8) is 0 Å². The second-order valence-electron chi connectivity index (χ2n) is 14.6. The van der Waals surface area contributed by atoms with Crippen LogP contribution in [0.2, 0.25) is 0 Å². The fourth-order valence-electron chi connectivity index (χ4n) is 8.40. The minimum Gasteiger partial charge on any atom is -0.484 e. The van der Waals surface area contributed by atoms with Crippen LogP contribution in [-0.4, -0.2) is 21.1 Å². The van der Waals surface area contributed by atoms with E-state index in [1.807, 2.05) is 30.3 Å². The lowest BCUT2D eigenvalue weighted by Crippen LogP contribution is -2.24. The molecule has 0 N–H and O–H groups in total. The SMILES string of the molecule is C1=CC2c3cc(-c4ccccc4)ccc3OC2C(C2=CC=C(c3nc(-c4cccc(-c5ccccc5)c4)nc(-c4ccc5c(c4)oc4ccccc45)n3)CC2)=C1. The van der Waals surface area contributed by atoms with Crippen molar-refractivity contribution < 1.29 is 9.15 Å². The molecule has 56 heavy (non-hydrogen) atoms. The number of rotatable bonds is 6. The van der Waals surface area contributed by atoms with Crippen molar-refractivity contribution in [1.29, 1.82) is 0 Å². The molecule has 2 aromatic heterocycles. The van der Waals surface area contributed by atoms with Crippen LogP contribution in [0.1, 0.15) is 30.1 Å². The Balaban J connectivity index is 0.956. The van der Waals surface area contributed by atoms with Crippen molar-refractivity contribution >= 4 is 27.5 Å². The summed E-state index contributed by atoms with van der Waals surface area (Å²) in [6.07, 6.45) is 12.7. The van der Waals surface area contributed by atoms with E-state index in [9.17, 15) is 0 Å². The quantitative estimate of drug-likeness (QED) is 0.171. The molecular weight excluding hydrogens is 687 g/mol. The van der Waals surface area contributed by atoms with E-state index >= 15 is 0 Å². The minimum absolute atomic E-state index is 0.0531. The lowest BCUT2D eigenvalue weighted by Gasteiger charge is -2.26. The highest BCUT2D eigenvalue weighted by Gasteiger charge is 2.38. The molecule has 11 rings (SSSR count). The van der Waals surface area contributed by atoms with Gasteiger partial charge < -0.3 is 9.15 Å². The second-order valence-corrected chi connectivity index (χ2v) is 14.6. The third kappa shape index (κ3) is 5.68. The summed E-state index contributed by atoms with van der Waals surface area (Å²) in [6.45, 7) is 0. The van der Waals surface area contributed by atoms with Crippen LogP contribution in [0.5, 0.6) is 5.75 Å². The highest BCUT2D eigenvalue weighted by Crippen LogP contribution is 2.47. The van der Waals surface area contributed by atoms with Gasteiger partial charge in [-0.15, -0.1) is 0 Å². The van der Waals surface area contributed by atoms with Crippen molar-refractivity contribution in [3.05, 3.63) is 199 Å². The second kappa shape index (κ2) is 13.3. The van der Waals surface area contributed by atoms with E-state index in [1.165, 1.54) is 27.8 Å². The number of aromatic nitrogens is 3. The molecule has 3 heterocycles. The van der Waals surface area contributed by atoms with Crippen molar-refractivity contribution in [1.82, 2.24) is 15.0 Å². The van der Waals surface area contributed by atoms with E-state index in [0.717, 1.165) is 68.4 Å². The Kier molecular flexibility index (Phi) is 7.69. The number of hydrogen-bond donors (Lipinski definition) is 0. The van der Waals surface area contributed by atoms with E-state index in [0.29, 0.717) is 17.5 Å². The maximum atomic E-state index is 6.68. The zero-order chi connectivity index (χ0) is 37.0. The summed E-state index contributed by atoms with van der Waals surface area (Å²) in [4.78, 5) is 15.4. The molecule has 0 fully saturated rings. The van der Waals surface area contributed by atoms with Gasteiger partial charge in [0.15, 0.2) is 17.5 Å². The van der Waals surface area contributed by atoms with Crippen LogP contribution in [-0.2, 0) is 0 Å². The Morgan fingerprint density at radius 2 is 1.09 bits per heavy atom. The predicted octanol–water partition coefficient (Wildman–Crippen LogP) is 12.6. The molecule has 266 valence electrons. The Morgan fingerprint density at radius 1 is 0.464 bits per heavy atom. The highest BCUT2D eigenvalue weighted by atomic mass is 16.5. The molecule has 8 aromatic rings. The van der Waals surface area contributed by atoms with Gasteiger partial charge in [-0.05, 0) is 88.2 Å². The van der Waals surface area contributed by atoms with Gasteiger partial charge >= 0.3 is 0 Å². The van der Waals surface area contributed by atoms with Crippen LogP contribution in [0.3, 0.4) is 0 Å². The summed E-state index contributed by atoms with van der Waals surface area (Å²) >= 11 is 0. The molecule has 2 atom stereocenters. The molecule has 0 bridgehead atoms. The van der Waals surface area contributed by atoms with E-state index < -0.39 is 0 Å². The third-order valence-electron chi connectivity index (χ3n) is 11.3. The lowest BCUT2D eigenvalue weighted by atomic mass is 9.81. The summed E-state index contributed by atoms with van der Waals surface area (Å²) in [5.74, 6) is 3.07. The summed E-state index contributed by atoms with van der Waals surface area (Å²) < 4.78 is 13.0. The Labute approximate surface area is 324 Å². The smallest absolute Gasteiger partial charge is 0.164 e. The summed E-state index contributed by atoms with van der Waals surface area (Å²) in [5.41, 5.74) is 13.0. The lowest BCUT2D eigenvalue weighted by molar-refractivity contribution is 0.257. The van der Waals surface area contributed by atoms with E-state index in [1.54, 1.807) is 0 Å². The molecule has 5 heteroatoms. The Morgan fingerprint density at radius 3 is 1.88 bits per heavy atom. The van der Waals surface area contributed by atoms with Crippen LogP contribution < -0.4 is 4.74 Å². The number of fused-ring (bicyclic) bond motifs is 6. The van der Waals surface area contributed by atoms with Crippen molar-refractivity contribution in [3.8, 4) is 50.8 Å². The first-order valence-corrected chi connectivity index (χ1v) is 19.2. The van der Waals surface area contributed by atoms with Gasteiger partial charge in [-0.25, -0.2) is 15.0 Å². The van der Waals surface area contributed by atoms with Gasteiger partial charge in [-0.1, -0.05) is 140 Å². The van der Waals surface area contributed by atoms with Crippen LogP contribution in [0.25, 0.3) is 72.5 Å². The maximum absolute atomic E-state index is 6.68. The molecule has 3 aliphatic rings. The number of ether oxygens (including phenoxy) is 1. The molecule has 0 spiro atoms. The normalized spacial score (nSPS) is 17.2. The van der Waals surface area contributed by atoms with Crippen molar-refractivity contribution in [2.75, 3.05) is 0 Å². The van der Waals surface area contributed by atoms with Crippen LogP contribution in [0, 0.1) is 0 Å². The molecule has 2 unspecified atom stereocenters. The van der Waals surface area contributed by atoms with Crippen LogP contribution in [0.15, 0.2) is 192 Å². The van der Waals surface area contributed by atoms with Crippen LogP contribution >= 0.6 is 0 Å². The highest BCUT2D eigenvalue weighted by molar-refractivity contribution is 6.05. The van der Waals surface area contributed by atoms with E-state index in [-0.39, 0.29) is 12.0 Å². The maximum Gasteiger partial charge on any atom is 0.164 e. The molecule has 0 radical (unpaired) electrons. The summed E-state index contributed by atoms with van der Waals surface area (Å²) in [6, 6.07) is 50.4. The van der Waals surface area contributed by atoms with E-state index in [4.69, 9.17) is 24.1 Å². The van der Waals surface area contributed by atoms with Gasteiger partial charge in [0.05, 0.1) is 0 Å². The van der Waals surface area contributed by atoms with Gasteiger partial charge in [-0.3, -0.25) is 0 Å². The zero-order valence-corrected chi connectivity index (χ0v) is 30.5. The standard InChI is InChI=1S/C51H35N3O2/c1-3-11-32(12-4-1)36-15-9-16-38(29-36)50-52-49(53-51(54-50)39-25-27-42-41-17-7-8-20-45(41)55-47(42)31-39)35-23-21-34(22-24-35)40-18-10-19-43-44-30-37(33-13-5-2-6-14-33)26-28-46(44)56-48(40)43/h1-21,23,25-31,43,48H,22,24H2. The largest absolute Gasteiger partial charge is 0.484 e. The zero-order valence-electron chi connectivity index (χ0n) is 30.5. The number of para-hydroxylation sites is 1. The van der Waals surface area contributed by atoms with Gasteiger partial charge in [0, 0.05) is 33.4 Å². The van der Waals surface area contributed by atoms with E-state index in [2.05, 4.69) is 146 Å². The fourth-order valence-corrected chi connectivity index (χ4v) is 8.40. The number of hydrogen-bond acceptors (Lipinski definition) is 5. The van der Waals surface area contributed by atoms with Gasteiger partial charge in [0.1, 0.15) is 23.0 Å². The fraction of sp³-hybridized carbons (Fsp3) is 0.0784. The average Bonchev–Trinajstić information content (AvgIpc) is 3.85. The molecule has 0 saturated heterocycles. The Bertz CT molecular complexity index is 2950. The van der Waals surface area contributed by atoms with Crippen molar-refractivity contribution in [2.24, 2.45) is 0 Å². The molecule has 6 aromatic carbocycles. The predicted molar refractivity (Wildman–Crippen MR) is 225 cm³/mol. The third-order valence-corrected chi connectivity index (χ3v) is 11.3. The number of nitrogens with zero attached hydrogens (tertiary/aromatic N) is 3. The summed E-state index contributed by atoms with van der Waals surface area (Å²) in [7, 11) is 0. The number of allylic oxidation sites excluding steroid dienone is 5. The first-order chi connectivity index (χ1) is 27.7. The monoisotopic (exact) mass is 721 g/mol. The molecule has 5 nitrogen and oxygen atoms in total. The number of benzene rings is 6. The minimum atomic E-state index is -0.0531. The van der Waals surface area contributed by atoms with Crippen LogP contribution in [0.4, 0.5) is 0 Å². The molecule has 0 amide bonds. The Hall–Kier alpha value is -7.11. The van der Waals surface area contributed by atoms with Gasteiger partial charge in [0.25, 0.3) is 0 Å². The van der Waals surface area contributed by atoms with Gasteiger partial charge in [-0.2, -0.15) is 0 Å². The first-order valence-electron chi connectivity index (χ1n) is 19.2. The summed E-state index contributed by atoms with van der Waals surface area (Å²) in [5, 5.41) is 2.17.